The van der Waals surface area contributed by atoms with E-state index in [0.717, 1.165) is 32.7 Å². The quantitative estimate of drug-likeness (QED) is 0.301. The summed E-state index contributed by atoms with van der Waals surface area (Å²) in [6.07, 6.45) is 2.78. The molecule has 184 valence electrons. The van der Waals surface area contributed by atoms with Gasteiger partial charge in [-0.05, 0) is 68.1 Å². The fraction of sp³-hybridized carbons (Fsp3) is 0.333. The first kappa shape index (κ1) is 24.5. The van der Waals surface area contributed by atoms with Crippen LogP contribution in [0.5, 0.6) is 0 Å². The molecule has 0 aliphatic carbocycles. The van der Waals surface area contributed by atoms with Gasteiger partial charge >= 0.3 is 0 Å². The summed E-state index contributed by atoms with van der Waals surface area (Å²) in [6, 6.07) is 10.8. The second-order valence-electron chi connectivity index (χ2n) is 8.69. The van der Waals surface area contributed by atoms with Crippen molar-refractivity contribution in [3.05, 3.63) is 63.9 Å². The molecule has 1 aliphatic heterocycles. The zero-order chi connectivity index (χ0) is 24.7. The van der Waals surface area contributed by atoms with Gasteiger partial charge in [0.25, 0.3) is 10.0 Å². The smallest absolute Gasteiger partial charge is 0.252 e. The number of sulfonamides is 1. The molecule has 7 nitrogen and oxygen atoms in total. The second kappa shape index (κ2) is 9.67. The number of aromatic nitrogens is 1. The van der Waals surface area contributed by atoms with Crippen LogP contribution >= 0.6 is 34.3 Å². The van der Waals surface area contributed by atoms with E-state index in [-0.39, 0.29) is 23.2 Å². The number of benzene rings is 1. The summed E-state index contributed by atoms with van der Waals surface area (Å²) in [7, 11) is -3.71. The maximum Gasteiger partial charge on any atom is 0.252 e. The highest BCUT2D eigenvalue weighted by Crippen LogP contribution is 2.35. The first-order valence-corrected chi connectivity index (χ1v) is 14.6. The Morgan fingerprint density at radius 3 is 2.80 bits per heavy atom. The fourth-order valence-electron chi connectivity index (χ4n) is 4.42. The number of rotatable bonds is 6. The van der Waals surface area contributed by atoms with Gasteiger partial charge in [0, 0.05) is 13.1 Å². The van der Waals surface area contributed by atoms with E-state index in [1.165, 1.54) is 21.7 Å². The third kappa shape index (κ3) is 4.90. The van der Waals surface area contributed by atoms with Crippen molar-refractivity contribution in [3.63, 3.8) is 0 Å². The van der Waals surface area contributed by atoms with Crippen LogP contribution < -0.4 is 4.90 Å². The number of carbonyl (C=O) groups excluding carboxylic acids is 1. The van der Waals surface area contributed by atoms with Crippen molar-refractivity contribution in [1.29, 1.82) is 0 Å². The molecule has 1 unspecified atom stereocenters. The van der Waals surface area contributed by atoms with Crippen molar-refractivity contribution in [2.24, 2.45) is 5.92 Å². The van der Waals surface area contributed by atoms with Crippen molar-refractivity contribution in [2.45, 2.75) is 37.4 Å². The number of halogens is 1. The van der Waals surface area contributed by atoms with Crippen LogP contribution in [0.2, 0.25) is 4.34 Å². The van der Waals surface area contributed by atoms with E-state index in [2.05, 4.69) is 6.07 Å². The van der Waals surface area contributed by atoms with Gasteiger partial charge in [-0.2, -0.15) is 4.31 Å². The predicted molar refractivity (Wildman–Crippen MR) is 140 cm³/mol. The second-order valence-corrected chi connectivity index (χ2v) is 13.5. The Labute approximate surface area is 217 Å². The van der Waals surface area contributed by atoms with E-state index >= 15 is 0 Å². The molecule has 0 N–H and O–H groups in total. The zero-order valence-corrected chi connectivity index (χ0v) is 22.4. The summed E-state index contributed by atoms with van der Waals surface area (Å²) in [6.45, 7) is 4.78. The Kier molecular flexibility index (Phi) is 6.75. The molecular weight excluding hydrogens is 526 g/mol. The maximum absolute atomic E-state index is 13.9. The highest BCUT2D eigenvalue weighted by atomic mass is 35.5. The molecule has 5 rings (SSSR count). The molecule has 4 aromatic rings. The van der Waals surface area contributed by atoms with Gasteiger partial charge in [-0.25, -0.2) is 13.4 Å². The van der Waals surface area contributed by atoms with Gasteiger partial charge in [0.1, 0.15) is 9.97 Å². The number of anilines is 1. The Bertz CT molecular complexity index is 1480. The number of hydrogen-bond acceptors (Lipinski definition) is 7. The third-order valence-electron chi connectivity index (χ3n) is 6.08. The van der Waals surface area contributed by atoms with Crippen molar-refractivity contribution in [3.8, 4) is 0 Å². The summed E-state index contributed by atoms with van der Waals surface area (Å²) in [5.41, 5.74) is 3.07. The summed E-state index contributed by atoms with van der Waals surface area (Å²) < 4.78 is 34.9. The van der Waals surface area contributed by atoms with Crippen LogP contribution in [0, 0.1) is 19.8 Å². The minimum atomic E-state index is -3.71. The monoisotopic (exact) mass is 549 g/mol. The van der Waals surface area contributed by atoms with E-state index in [9.17, 15) is 13.2 Å². The minimum absolute atomic E-state index is 0.119. The lowest BCUT2D eigenvalue weighted by Gasteiger charge is -2.33. The van der Waals surface area contributed by atoms with Crippen LogP contribution in [0.3, 0.4) is 0 Å². The fourth-order valence-corrected chi connectivity index (χ4v) is 8.61. The Hall–Kier alpha value is -2.24. The summed E-state index contributed by atoms with van der Waals surface area (Å²) in [4.78, 5) is 20.3. The molecule has 1 aromatic carbocycles. The molecule has 4 heterocycles. The Balaban J connectivity index is 1.46. The van der Waals surface area contributed by atoms with E-state index in [1.807, 2.05) is 26.0 Å². The van der Waals surface area contributed by atoms with Gasteiger partial charge in [0.15, 0.2) is 5.13 Å². The first-order chi connectivity index (χ1) is 16.7. The number of thiazole rings is 1. The Morgan fingerprint density at radius 2 is 2.09 bits per heavy atom. The van der Waals surface area contributed by atoms with E-state index in [1.54, 1.807) is 23.3 Å². The van der Waals surface area contributed by atoms with Crippen LogP contribution in [0.25, 0.3) is 10.2 Å². The third-order valence-corrected chi connectivity index (χ3v) is 10.9. The van der Waals surface area contributed by atoms with E-state index in [0.29, 0.717) is 34.6 Å². The number of carbonyl (C=O) groups is 1. The number of nitrogens with zero attached hydrogens (tertiary/aromatic N) is 3. The molecule has 1 saturated heterocycles. The highest BCUT2D eigenvalue weighted by molar-refractivity contribution is 7.91. The van der Waals surface area contributed by atoms with Crippen LogP contribution in [-0.2, 0) is 21.4 Å². The summed E-state index contributed by atoms with van der Waals surface area (Å²) in [5, 5.41) is 0.583. The van der Waals surface area contributed by atoms with Gasteiger partial charge in [-0.3, -0.25) is 9.69 Å². The Morgan fingerprint density at radius 1 is 1.26 bits per heavy atom. The van der Waals surface area contributed by atoms with Gasteiger partial charge in [0.2, 0.25) is 5.91 Å². The average Bonchev–Trinajstić information content (AvgIpc) is 3.58. The van der Waals surface area contributed by atoms with Crippen LogP contribution in [0.1, 0.15) is 29.7 Å². The van der Waals surface area contributed by atoms with Crippen molar-refractivity contribution < 1.29 is 17.6 Å². The first-order valence-electron chi connectivity index (χ1n) is 11.2. The lowest BCUT2D eigenvalue weighted by Crippen LogP contribution is -2.46. The van der Waals surface area contributed by atoms with Crippen LogP contribution in [0.4, 0.5) is 5.13 Å². The predicted octanol–water partition coefficient (Wildman–Crippen LogP) is 5.86. The minimum Gasteiger partial charge on any atom is -0.467 e. The largest absolute Gasteiger partial charge is 0.467 e. The molecule has 1 aliphatic rings. The number of amides is 1. The average molecular weight is 550 g/mol. The number of furan rings is 1. The molecular formula is C24H24ClN3O4S3. The molecule has 1 amide bonds. The molecule has 0 spiro atoms. The van der Waals surface area contributed by atoms with Gasteiger partial charge in [0.05, 0.1) is 33.3 Å². The SMILES string of the molecule is Cc1cc(C)c2sc(N(Cc3ccco3)C(=O)C3CCCN(S(=O)(=O)c4ccc(Cl)s4)C3)nc2c1. The van der Waals surface area contributed by atoms with E-state index in [4.69, 9.17) is 21.0 Å². The van der Waals surface area contributed by atoms with Gasteiger partial charge in [-0.15, -0.1) is 11.3 Å². The molecule has 3 aromatic heterocycles. The van der Waals surface area contributed by atoms with Crippen molar-refractivity contribution in [1.82, 2.24) is 9.29 Å². The summed E-state index contributed by atoms with van der Waals surface area (Å²) in [5.74, 6) is -0.00303. The van der Waals surface area contributed by atoms with Crippen molar-refractivity contribution >= 4 is 65.6 Å². The highest BCUT2D eigenvalue weighted by Gasteiger charge is 2.37. The lowest BCUT2D eigenvalue weighted by molar-refractivity contribution is -0.123. The number of thiophene rings is 1. The topological polar surface area (TPSA) is 83.7 Å². The molecule has 35 heavy (non-hydrogen) atoms. The van der Waals surface area contributed by atoms with Gasteiger partial charge < -0.3 is 4.42 Å². The lowest BCUT2D eigenvalue weighted by atomic mass is 9.98. The van der Waals surface area contributed by atoms with Crippen molar-refractivity contribution in [2.75, 3.05) is 18.0 Å². The molecule has 0 bridgehead atoms. The van der Waals surface area contributed by atoms with E-state index < -0.39 is 15.9 Å². The number of piperidine rings is 1. The molecule has 11 heteroatoms. The molecule has 1 fully saturated rings. The van der Waals surface area contributed by atoms with Gasteiger partial charge in [-0.1, -0.05) is 29.0 Å². The standard InChI is InChI=1S/C24H24ClN3O4S3/c1-15-11-16(2)22-19(12-15)26-24(34-22)28(14-18-6-4-10-32-18)23(29)17-5-3-9-27(13-17)35(30,31)21-8-7-20(25)33-21/h4,6-8,10-12,17H,3,5,9,13-14H2,1-2H3. The normalized spacial score (nSPS) is 17.2. The molecule has 1 atom stereocenters. The number of aryl methyl sites for hydroxylation is 2. The van der Waals surface area contributed by atoms with Crippen LogP contribution in [0.15, 0.2) is 51.3 Å². The molecule has 0 saturated carbocycles. The zero-order valence-electron chi connectivity index (χ0n) is 19.2. The summed E-state index contributed by atoms with van der Waals surface area (Å²) >= 11 is 8.47. The number of fused-ring (bicyclic) bond motifs is 1. The number of hydrogen-bond donors (Lipinski definition) is 0. The molecule has 0 radical (unpaired) electrons. The maximum atomic E-state index is 13.9. The van der Waals surface area contributed by atoms with Crippen LogP contribution in [-0.4, -0.2) is 36.7 Å².